The molecular weight excluding hydrogens is 449 g/mol. The third-order valence-corrected chi connectivity index (χ3v) is 5.94. The summed E-state index contributed by atoms with van der Waals surface area (Å²) < 4.78 is 38.9. The molecule has 0 saturated carbocycles. The van der Waals surface area contributed by atoms with Crippen molar-refractivity contribution < 1.29 is 32.6 Å². The lowest BCUT2D eigenvalue weighted by Gasteiger charge is -2.33. The molecule has 1 aliphatic heterocycles. The van der Waals surface area contributed by atoms with Crippen molar-refractivity contribution in [3.8, 4) is 0 Å². The number of nitrogens with one attached hydrogen (secondary N) is 1. The number of imidazole rings is 1. The molecule has 0 saturated heterocycles. The lowest BCUT2D eigenvalue weighted by Crippen LogP contribution is -2.36. The minimum Gasteiger partial charge on any atom is -0.475 e. The minimum absolute atomic E-state index is 0.00813. The van der Waals surface area contributed by atoms with Crippen LogP contribution in [0.1, 0.15) is 34.9 Å². The second-order valence-electron chi connectivity index (χ2n) is 7.28. The van der Waals surface area contributed by atoms with Crippen molar-refractivity contribution in [1.82, 2.24) is 19.8 Å². The third kappa shape index (κ3) is 7.31. The van der Waals surface area contributed by atoms with Gasteiger partial charge in [0.05, 0.1) is 24.8 Å². The molecule has 3 rings (SSSR count). The minimum atomic E-state index is -5.08. The quantitative estimate of drug-likeness (QED) is 0.597. The Morgan fingerprint density at radius 1 is 1.38 bits per heavy atom. The largest absolute Gasteiger partial charge is 0.490 e. The van der Waals surface area contributed by atoms with Crippen LogP contribution in [0.3, 0.4) is 0 Å². The lowest BCUT2D eigenvalue weighted by atomic mass is 10.2. The summed E-state index contributed by atoms with van der Waals surface area (Å²) in [5.74, 6) is -1.71. The molecule has 8 nitrogen and oxygen atoms in total. The van der Waals surface area contributed by atoms with Crippen molar-refractivity contribution in [2.75, 3.05) is 26.8 Å². The number of aryl methyl sites for hydroxylation is 1. The van der Waals surface area contributed by atoms with E-state index < -0.39 is 12.1 Å². The number of fused-ring (bicyclic) bond motifs is 1. The molecule has 1 unspecified atom stereocenters. The highest BCUT2D eigenvalue weighted by Crippen LogP contribution is 2.28. The molecule has 0 aromatic carbocycles. The van der Waals surface area contributed by atoms with Crippen LogP contribution >= 0.6 is 11.3 Å². The van der Waals surface area contributed by atoms with Gasteiger partial charge in [-0.15, -0.1) is 11.3 Å². The van der Waals surface area contributed by atoms with Crippen LogP contribution in [0, 0.1) is 6.92 Å². The van der Waals surface area contributed by atoms with Crippen LogP contribution in [-0.4, -0.2) is 64.4 Å². The summed E-state index contributed by atoms with van der Waals surface area (Å²) in [6.45, 7) is 8.31. The topological polar surface area (TPSA) is 96.7 Å². The summed E-state index contributed by atoms with van der Waals surface area (Å²) >= 11 is 1.82. The summed E-state index contributed by atoms with van der Waals surface area (Å²) in [6, 6.07) is 2.43. The molecule has 0 aliphatic carbocycles. The van der Waals surface area contributed by atoms with Gasteiger partial charge in [-0.1, -0.05) is 0 Å². The number of aliphatic carboxylic acids is 1. The number of rotatable bonds is 7. The fraction of sp³-hybridized carbons (Fsp3) is 0.550. The molecule has 32 heavy (non-hydrogen) atoms. The molecule has 12 heteroatoms. The van der Waals surface area contributed by atoms with Gasteiger partial charge in [0.25, 0.3) is 0 Å². The molecule has 1 aliphatic rings. The molecule has 0 fully saturated rings. The van der Waals surface area contributed by atoms with E-state index in [9.17, 15) is 18.0 Å². The fourth-order valence-electron chi connectivity index (χ4n) is 3.16. The molecule has 178 valence electrons. The summed E-state index contributed by atoms with van der Waals surface area (Å²) in [7, 11) is 1.63. The second-order valence-corrected chi connectivity index (χ2v) is 8.28. The van der Waals surface area contributed by atoms with Gasteiger partial charge in [0.1, 0.15) is 5.82 Å². The van der Waals surface area contributed by atoms with Gasteiger partial charge >= 0.3 is 12.1 Å². The van der Waals surface area contributed by atoms with E-state index in [0.29, 0.717) is 19.6 Å². The Morgan fingerprint density at radius 2 is 2.06 bits per heavy atom. The number of carbonyl (C=O) groups excluding carboxylic acids is 1. The number of hydrogen-bond donors (Lipinski definition) is 2. The summed E-state index contributed by atoms with van der Waals surface area (Å²) in [6.07, 6.45) is -2.74. The maximum atomic E-state index is 12.0. The number of methoxy groups -OCH3 is 1. The van der Waals surface area contributed by atoms with Crippen molar-refractivity contribution in [2.24, 2.45) is 0 Å². The van der Waals surface area contributed by atoms with Crippen LogP contribution in [0.25, 0.3) is 0 Å². The highest BCUT2D eigenvalue weighted by Gasteiger charge is 2.38. The number of hydrogen-bond acceptors (Lipinski definition) is 6. The summed E-state index contributed by atoms with van der Waals surface area (Å²) in [4.78, 5) is 29.5. The van der Waals surface area contributed by atoms with E-state index in [1.54, 1.807) is 7.11 Å². The number of carboxylic acid groups (broad SMARTS) is 1. The average molecular weight is 477 g/mol. The van der Waals surface area contributed by atoms with E-state index in [0.717, 1.165) is 31.2 Å². The smallest absolute Gasteiger partial charge is 0.475 e. The number of halogens is 3. The number of nitrogens with zero attached hydrogens (tertiary/aromatic N) is 3. The second kappa shape index (κ2) is 11.4. The van der Waals surface area contributed by atoms with Crippen LogP contribution in [0.5, 0.6) is 0 Å². The first kappa shape index (κ1) is 25.8. The zero-order chi connectivity index (χ0) is 23.9. The van der Waals surface area contributed by atoms with Crippen LogP contribution in [0.4, 0.5) is 13.2 Å². The molecule has 2 N–H and O–H groups in total. The first-order chi connectivity index (χ1) is 15.0. The Labute approximate surface area is 188 Å². The van der Waals surface area contributed by atoms with Gasteiger partial charge in [0.15, 0.2) is 0 Å². The van der Waals surface area contributed by atoms with Crippen LogP contribution in [0.2, 0.25) is 0 Å². The van der Waals surface area contributed by atoms with Gasteiger partial charge < -0.3 is 19.7 Å². The molecule has 0 bridgehead atoms. The molecule has 0 spiro atoms. The van der Waals surface area contributed by atoms with Gasteiger partial charge in [-0.05, 0) is 30.9 Å². The van der Waals surface area contributed by atoms with Crippen molar-refractivity contribution in [3.63, 3.8) is 0 Å². The Bertz CT molecular complexity index is 913. The Balaban J connectivity index is 0.000000451. The number of alkyl halides is 3. The normalized spacial score (nSPS) is 16.1. The maximum absolute atomic E-state index is 12.0. The van der Waals surface area contributed by atoms with Crippen LogP contribution < -0.4 is 5.32 Å². The van der Waals surface area contributed by atoms with Crippen molar-refractivity contribution in [1.29, 1.82) is 0 Å². The van der Waals surface area contributed by atoms with E-state index in [1.165, 1.54) is 10.4 Å². The van der Waals surface area contributed by atoms with Gasteiger partial charge in [0.2, 0.25) is 5.91 Å². The van der Waals surface area contributed by atoms with E-state index in [4.69, 9.17) is 19.6 Å². The van der Waals surface area contributed by atoms with Crippen molar-refractivity contribution >= 4 is 23.2 Å². The predicted molar refractivity (Wildman–Crippen MR) is 112 cm³/mol. The number of ether oxygens (including phenoxy) is 1. The summed E-state index contributed by atoms with van der Waals surface area (Å²) in [5.41, 5.74) is 2.20. The Morgan fingerprint density at radius 3 is 2.62 bits per heavy atom. The van der Waals surface area contributed by atoms with E-state index in [2.05, 4.69) is 40.1 Å². The zero-order valence-corrected chi connectivity index (χ0v) is 18.9. The highest BCUT2D eigenvalue weighted by atomic mass is 32.1. The van der Waals surface area contributed by atoms with Crippen LogP contribution in [-0.2, 0) is 33.8 Å². The first-order valence-electron chi connectivity index (χ1n) is 9.91. The van der Waals surface area contributed by atoms with Gasteiger partial charge in [-0.25, -0.2) is 9.78 Å². The first-order valence-corrected chi connectivity index (χ1v) is 10.8. The predicted octanol–water partition coefficient (Wildman–Crippen LogP) is 2.77. The van der Waals surface area contributed by atoms with Gasteiger partial charge in [0, 0.05) is 44.4 Å². The third-order valence-electron chi connectivity index (χ3n) is 4.93. The Kier molecular flexibility index (Phi) is 9.22. The lowest BCUT2D eigenvalue weighted by molar-refractivity contribution is -0.192. The molecule has 3 heterocycles. The Hall–Kier alpha value is -2.44. The van der Waals surface area contributed by atoms with Crippen molar-refractivity contribution in [3.05, 3.63) is 39.6 Å². The highest BCUT2D eigenvalue weighted by molar-refractivity contribution is 7.10. The van der Waals surface area contributed by atoms with E-state index >= 15 is 0 Å². The monoisotopic (exact) mass is 476 g/mol. The number of carboxylic acids is 1. The molecule has 1 atom stereocenters. The molecule has 1 amide bonds. The number of thiophene rings is 1. The number of aromatic nitrogens is 2. The molecular formula is C20H27F3N4O4S. The molecule has 2 aromatic rings. The molecule has 2 aromatic heterocycles. The van der Waals surface area contributed by atoms with E-state index in [-0.39, 0.29) is 11.9 Å². The average Bonchev–Trinajstić information content (AvgIpc) is 3.30. The van der Waals surface area contributed by atoms with E-state index in [1.807, 2.05) is 17.5 Å². The number of carbonyl (C=O) groups is 2. The SMILES string of the molecule is COCCNC(=O)Cc1cn2c(n1)C(C)N(Cc1sccc1C)CC2.O=C(O)C(F)(F)F. The van der Waals surface area contributed by atoms with Gasteiger partial charge in [-0.3, -0.25) is 9.69 Å². The van der Waals surface area contributed by atoms with Crippen LogP contribution in [0.15, 0.2) is 17.6 Å². The van der Waals surface area contributed by atoms with Crippen molar-refractivity contribution in [2.45, 2.75) is 45.6 Å². The maximum Gasteiger partial charge on any atom is 0.490 e. The standard InChI is InChI=1S/C18H26N4O2S.C2HF3O2/c1-13-4-9-25-16(13)12-21-6-7-22-11-15(20-18(22)14(21)2)10-17(23)19-5-8-24-3;3-2(4,5)1(6)7/h4,9,11,14H,5-8,10,12H2,1-3H3,(H,19,23);(H,6,7). The van der Waals surface area contributed by atoms with Gasteiger partial charge in [-0.2, -0.15) is 13.2 Å². The fourth-order valence-corrected chi connectivity index (χ4v) is 4.09. The summed E-state index contributed by atoms with van der Waals surface area (Å²) in [5, 5.41) is 12.1. The molecule has 0 radical (unpaired) electrons. The zero-order valence-electron chi connectivity index (χ0n) is 18.1. The number of amides is 1.